The molecule has 106 valence electrons. The van der Waals surface area contributed by atoms with E-state index in [1.54, 1.807) is 6.20 Å². The molecular formula is C14H22N2O3. The van der Waals surface area contributed by atoms with E-state index in [2.05, 4.69) is 4.98 Å². The maximum Gasteiger partial charge on any atom is 0.308 e. The number of aryl methyl sites for hydroxylation is 1. The topological polar surface area (TPSA) is 64.3 Å². The first-order valence-electron chi connectivity index (χ1n) is 6.91. The molecule has 1 aliphatic rings. The lowest BCUT2D eigenvalue weighted by atomic mass is 9.78. The summed E-state index contributed by atoms with van der Waals surface area (Å²) in [7, 11) is 0. The van der Waals surface area contributed by atoms with Crippen molar-refractivity contribution in [2.45, 2.75) is 51.7 Å². The van der Waals surface area contributed by atoms with Gasteiger partial charge in [-0.05, 0) is 39.5 Å². The molecule has 1 aromatic heterocycles. The number of rotatable bonds is 4. The monoisotopic (exact) mass is 266 g/mol. The number of aliphatic hydroxyl groups is 1. The van der Waals surface area contributed by atoms with Crippen molar-refractivity contribution >= 4 is 5.97 Å². The van der Waals surface area contributed by atoms with Crippen molar-refractivity contribution in [2.75, 3.05) is 6.61 Å². The van der Waals surface area contributed by atoms with Crippen LogP contribution >= 0.6 is 0 Å². The molecule has 0 bridgehead atoms. The van der Waals surface area contributed by atoms with Gasteiger partial charge in [0.1, 0.15) is 5.82 Å². The first kappa shape index (κ1) is 14.1. The fraction of sp³-hybridized carbons (Fsp3) is 0.714. The molecular weight excluding hydrogens is 244 g/mol. The fourth-order valence-corrected chi connectivity index (χ4v) is 2.70. The molecule has 5 heteroatoms. The molecule has 0 amide bonds. The van der Waals surface area contributed by atoms with Gasteiger partial charge in [0.05, 0.1) is 24.7 Å². The highest BCUT2D eigenvalue weighted by molar-refractivity contribution is 5.72. The van der Waals surface area contributed by atoms with Crippen molar-refractivity contribution in [1.29, 1.82) is 0 Å². The number of ether oxygens (including phenoxy) is 1. The molecule has 1 heterocycles. The molecule has 1 saturated carbocycles. The van der Waals surface area contributed by atoms with Gasteiger partial charge < -0.3 is 14.4 Å². The Labute approximate surface area is 113 Å². The molecule has 0 unspecified atom stereocenters. The molecule has 0 atom stereocenters. The maximum absolute atomic E-state index is 11.7. The summed E-state index contributed by atoms with van der Waals surface area (Å²) in [5, 5.41) is 10.6. The third-order valence-corrected chi connectivity index (χ3v) is 3.92. The molecule has 1 aliphatic carbocycles. The normalized spacial score (nSPS) is 27.2. The summed E-state index contributed by atoms with van der Waals surface area (Å²) in [6.07, 6.45) is 6.28. The van der Waals surface area contributed by atoms with Gasteiger partial charge in [0.25, 0.3) is 0 Å². The SMILES string of the molecule is CCOC(=O)C1CCC(O)(Cn2ccnc2C)CC1. The number of nitrogens with zero attached hydrogens (tertiary/aromatic N) is 2. The lowest BCUT2D eigenvalue weighted by Gasteiger charge is -2.35. The Balaban J connectivity index is 1.91. The van der Waals surface area contributed by atoms with Crippen molar-refractivity contribution in [1.82, 2.24) is 9.55 Å². The highest BCUT2D eigenvalue weighted by Gasteiger charge is 2.36. The summed E-state index contributed by atoms with van der Waals surface area (Å²) in [5.74, 6) is 0.730. The second-order valence-electron chi connectivity index (χ2n) is 5.35. The number of esters is 1. The molecule has 1 N–H and O–H groups in total. The third kappa shape index (κ3) is 3.35. The van der Waals surface area contributed by atoms with Crippen LogP contribution in [0.1, 0.15) is 38.4 Å². The number of hydrogen-bond donors (Lipinski definition) is 1. The van der Waals surface area contributed by atoms with Crippen LogP contribution in [0.25, 0.3) is 0 Å². The van der Waals surface area contributed by atoms with Crippen molar-refractivity contribution in [3.05, 3.63) is 18.2 Å². The smallest absolute Gasteiger partial charge is 0.308 e. The Bertz CT molecular complexity index is 434. The largest absolute Gasteiger partial charge is 0.466 e. The van der Waals surface area contributed by atoms with E-state index >= 15 is 0 Å². The predicted octanol–water partition coefficient (Wildman–Crippen LogP) is 1.68. The van der Waals surface area contributed by atoms with Gasteiger partial charge in [-0.1, -0.05) is 0 Å². The first-order chi connectivity index (χ1) is 9.04. The average molecular weight is 266 g/mol. The van der Waals surface area contributed by atoms with Crippen LogP contribution in [0, 0.1) is 12.8 Å². The van der Waals surface area contributed by atoms with Gasteiger partial charge in [-0.15, -0.1) is 0 Å². The zero-order valence-electron chi connectivity index (χ0n) is 11.6. The Hall–Kier alpha value is -1.36. The van der Waals surface area contributed by atoms with Gasteiger partial charge in [-0.3, -0.25) is 4.79 Å². The van der Waals surface area contributed by atoms with Crippen LogP contribution in [0.4, 0.5) is 0 Å². The third-order valence-electron chi connectivity index (χ3n) is 3.92. The number of imidazole rings is 1. The van der Waals surface area contributed by atoms with Crippen LogP contribution in [0.5, 0.6) is 0 Å². The number of carbonyl (C=O) groups is 1. The van der Waals surface area contributed by atoms with Crippen molar-refractivity contribution in [3.8, 4) is 0 Å². The summed E-state index contributed by atoms with van der Waals surface area (Å²) in [6, 6.07) is 0. The van der Waals surface area contributed by atoms with Gasteiger partial charge in [0.2, 0.25) is 0 Å². The van der Waals surface area contributed by atoms with Crippen molar-refractivity contribution in [2.24, 2.45) is 5.92 Å². The van der Waals surface area contributed by atoms with E-state index in [1.807, 2.05) is 24.6 Å². The van der Waals surface area contributed by atoms with Crippen molar-refractivity contribution in [3.63, 3.8) is 0 Å². The molecule has 0 aliphatic heterocycles. The Morgan fingerprint density at radius 2 is 2.26 bits per heavy atom. The van der Waals surface area contributed by atoms with E-state index in [9.17, 15) is 9.90 Å². The van der Waals surface area contributed by atoms with Crippen LogP contribution in [0.15, 0.2) is 12.4 Å². The lowest BCUT2D eigenvalue weighted by Crippen LogP contribution is -2.40. The van der Waals surface area contributed by atoms with Gasteiger partial charge in [-0.2, -0.15) is 0 Å². The summed E-state index contributed by atoms with van der Waals surface area (Å²) < 4.78 is 7.00. The molecule has 0 radical (unpaired) electrons. The van der Waals surface area contributed by atoms with E-state index in [-0.39, 0.29) is 11.9 Å². The van der Waals surface area contributed by atoms with E-state index in [0.29, 0.717) is 38.8 Å². The molecule has 0 saturated heterocycles. The van der Waals surface area contributed by atoms with Crippen LogP contribution in [0.3, 0.4) is 0 Å². The highest BCUT2D eigenvalue weighted by atomic mass is 16.5. The zero-order chi connectivity index (χ0) is 13.9. The minimum absolute atomic E-state index is 0.0518. The van der Waals surface area contributed by atoms with E-state index in [4.69, 9.17) is 4.74 Å². The summed E-state index contributed by atoms with van der Waals surface area (Å²) in [4.78, 5) is 15.8. The van der Waals surface area contributed by atoms with Crippen LogP contribution in [-0.2, 0) is 16.1 Å². The molecule has 0 spiro atoms. The van der Waals surface area contributed by atoms with Crippen LogP contribution in [-0.4, -0.2) is 32.8 Å². The van der Waals surface area contributed by atoms with Gasteiger partial charge in [-0.25, -0.2) is 4.98 Å². The fourth-order valence-electron chi connectivity index (χ4n) is 2.70. The number of carbonyl (C=O) groups excluding carboxylic acids is 1. The minimum Gasteiger partial charge on any atom is -0.466 e. The molecule has 2 rings (SSSR count). The average Bonchev–Trinajstić information content (AvgIpc) is 2.75. The summed E-state index contributed by atoms with van der Waals surface area (Å²) in [5.41, 5.74) is -0.728. The molecule has 0 aromatic carbocycles. The number of aromatic nitrogens is 2. The van der Waals surface area contributed by atoms with E-state index in [1.165, 1.54) is 0 Å². The van der Waals surface area contributed by atoms with Crippen LogP contribution < -0.4 is 0 Å². The van der Waals surface area contributed by atoms with Crippen molar-refractivity contribution < 1.29 is 14.6 Å². The second-order valence-corrected chi connectivity index (χ2v) is 5.35. The van der Waals surface area contributed by atoms with Gasteiger partial charge in [0, 0.05) is 12.4 Å². The van der Waals surface area contributed by atoms with Gasteiger partial charge >= 0.3 is 5.97 Å². The lowest BCUT2D eigenvalue weighted by molar-refractivity contribution is -0.151. The predicted molar refractivity (Wildman–Crippen MR) is 70.5 cm³/mol. The maximum atomic E-state index is 11.7. The Morgan fingerprint density at radius 1 is 1.58 bits per heavy atom. The van der Waals surface area contributed by atoms with E-state index < -0.39 is 5.60 Å². The first-order valence-corrected chi connectivity index (χ1v) is 6.91. The summed E-state index contributed by atoms with van der Waals surface area (Å²) in [6.45, 7) is 4.72. The second kappa shape index (κ2) is 5.74. The Morgan fingerprint density at radius 3 is 2.79 bits per heavy atom. The zero-order valence-corrected chi connectivity index (χ0v) is 11.6. The van der Waals surface area contributed by atoms with E-state index in [0.717, 1.165) is 5.82 Å². The molecule has 1 fully saturated rings. The van der Waals surface area contributed by atoms with Crippen LogP contribution in [0.2, 0.25) is 0 Å². The quantitative estimate of drug-likeness (QED) is 0.842. The molecule has 1 aromatic rings. The molecule has 19 heavy (non-hydrogen) atoms. The Kier molecular flexibility index (Phi) is 4.24. The molecule has 5 nitrogen and oxygen atoms in total. The standard InChI is InChI=1S/C14H22N2O3/c1-3-19-13(17)12-4-6-14(18,7-5-12)10-16-9-8-15-11(16)2/h8-9,12,18H,3-7,10H2,1-2H3. The number of hydrogen-bond acceptors (Lipinski definition) is 4. The minimum atomic E-state index is -0.728. The van der Waals surface area contributed by atoms with Gasteiger partial charge in [0.15, 0.2) is 0 Å². The summed E-state index contributed by atoms with van der Waals surface area (Å²) >= 11 is 0. The highest BCUT2D eigenvalue weighted by Crippen LogP contribution is 2.34.